The van der Waals surface area contributed by atoms with Crippen molar-refractivity contribution in [3.05, 3.63) is 29.8 Å². The SMILES string of the molecule is CCOc1ccc(CCC2CCN(C(=O)C3CNCCO3)CC2)cc1.Cl. The Morgan fingerprint density at radius 2 is 2.00 bits per heavy atom. The van der Waals surface area contributed by atoms with E-state index in [2.05, 4.69) is 29.6 Å². The quantitative estimate of drug-likeness (QED) is 0.821. The second kappa shape index (κ2) is 10.8. The predicted octanol–water partition coefficient (Wildman–Crippen LogP) is 2.67. The molecule has 26 heavy (non-hydrogen) atoms. The number of ether oxygens (including phenoxy) is 2. The van der Waals surface area contributed by atoms with Crippen LogP contribution in [0.5, 0.6) is 5.75 Å². The number of rotatable bonds is 6. The van der Waals surface area contributed by atoms with E-state index in [0.717, 1.165) is 44.6 Å². The molecule has 0 bridgehead atoms. The third-order valence-corrected chi connectivity index (χ3v) is 5.20. The van der Waals surface area contributed by atoms with E-state index in [9.17, 15) is 4.79 Å². The van der Waals surface area contributed by atoms with Gasteiger partial charge >= 0.3 is 0 Å². The summed E-state index contributed by atoms with van der Waals surface area (Å²) in [4.78, 5) is 14.5. The summed E-state index contributed by atoms with van der Waals surface area (Å²) in [5.41, 5.74) is 1.36. The monoisotopic (exact) mass is 382 g/mol. The van der Waals surface area contributed by atoms with Gasteiger partial charge in [-0.05, 0) is 56.2 Å². The van der Waals surface area contributed by atoms with Gasteiger partial charge in [-0.1, -0.05) is 12.1 Å². The molecule has 1 unspecified atom stereocenters. The van der Waals surface area contributed by atoms with Crippen LogP contribution in [-0.4, -0.2) is 56.3 Å². The number of benzene rings is 1. The van der Waals surface area contributed by atoms with Crippen LogP contribution in [0.2, 0.25) is 0 Å². The summed E-state index contributed by atoms with van der Waals surface area (Å²) in [5, 5.41) is 3.23. The van der Waals surface area contributed by atoms with Crippen molar-refractivity contribution in [2.75, 3.05) is 39.4 Å². The van der Waals surface area contributed by atoms with Crippen LogP contribution < -0.4 is 10.1 Å². The van der Waals surface area contributed by atoms with Crippen LogP contribution in [-0.2, 0) is 16.0 Å². The van der Waals surface area contributed by atoms with Gasteiger partial charge in [-0.3, -0.25) is 4.79 Å². The fraction of sp³-hybridized carbons (Fsp3) is 0.650. The normalized spacial score (nSPS) is 21.1. The maximum absolute atomic E-state index is 12.5. The molecule has 0 aliphatic carbocycles. The van der Waals surface area contributed by atoms with Gasteiger partial charge in [-0.2, -0.15) is 0 Å². The third kappa shape index (κ3) is 5.86. The number of carbonyl (C=O) groups excluding carboxylic acids is 1. The number of nitrogens with zero attached hydrogens (tertiary/aromatic N) is 1. The van der Waals surface area contributed by atoms with E-state index < -0.39 is 0 Å². The summed E-state index contributed by atoms with van der Waals surface area (Å²) in [7, 11) is 0. The standard InChI is InChI=1S/C20H30N2O3.ClH/c1-2-24-18-7-5-16(6-8-18)3-4-17-9-12-22(13-10-17)20(23)19-15-21-11-14-25-19;/h5-8,17,19,21H,2-4,9-15H2,1H3;1H. The van der Waals surface area contributed by atoms with Crippen molar-refractivity contribution >= 4 is 18.3 Å². The molecule has 1 N–H and O–H groups in total. The first kappa shape index (κ1) is 21.0. The van der Waals surface area contributed by atoms with Gasteiger partial charge in [-0.15, -0.1) is 12.4 Å². The van der Waals surface area contributed by atoms with Gasteiger partial charge in [0, 0.05) is 26.2 Å². The number of hydrogen-bond acceptors (Lipinski definition) is 4. The summed E-state index contributed by atoms with van der Waals surface area (Å²) in [5.74, 6) is 1.82. The van der Waals surface area contributed by atoms with Crippen LogP contribution in [0.25, 0.3) is 0 Å². The molecule has 2 saturated heterocycles. The Hall–Kier alpha value is -1.30. The van der Waals surface area contributed by atoms with Crippen LogP contribution in [0.4, 0.5) is 0 Å². The number of hydrogen-bond donors (Lipinski definition) is 1. The summed E-state index contributed by atoms with van der Waals surface area (Å²) in [6.45, 7) is 6.57. The smallest absolute Gasteiger partial charge is 0.253 e. The molecule has 2 aliphatic rings. The highest BCUT2D eigenvalue weighted by molar-refractivity contribution is 5.85. The Balaban J connectivity index is 0.00000243. The molecule has 1 aromatic carbocycles. The largest absolute Gasteiger partial charge is 0.494 e. The molecule has 5 nitrogen and oxygen atoms in total. The molecule has 2 fully saturated rings. The fourth-order valence-corrected chi connectivity index (χ4v) is 3.66. The van der Waals surface area contributed by atoms with E-state index >= 15 is 0 Å². The first-order valence-corrected chi connectivity index (χ1v) is 9.59. The molecule has 1 amide bonds. The van der Waals surface area contributed by atoms with Crippen LogP contribution in [0.3, 0.4) is 0 Å². The first-order chi connectivity index (χ1) is 12.3. The highest BCUT2D eigenvalue weighted by Gasteiger charge is 2.29. The number of carbonyl (C=O) groups is 1. The van der Waals surface area contributed by atoms with E-state index in [1.807, 2.05) is 11.8 Å². The van der Waals surface area contributed by atoms with Crippen LogP contribution in [0.15, 0.2) is 24.3 Å². The fourth-order valence-electron chi connectivity index (χ4n) is 3.66. The van der Waals surface area contributed by atoms with E-state index in [-0.39, 0.29) is 24.4 Å². The molecule has 0 saturated carbocycles. The zero-order valence-electron chi connectivity index (χ0n) is 15.6. The number of piperidine rings is 1. The zero-order chi connectivity index (χ0) is 17.5. The minimum atomic E-state index is -0.283. The molecular weight excluding hydrogens is 352 g/mol. The highest BCUT2D eigenvalue weighted by Crippen LogP contribution is 2.24. The predicted molar refractivity (Wildman–Crippen MR) is 105 cm³/mol. The highest BCUT2D eigenvalue weighted by atomic mass is 35.5. The summed E-state index contributed by atoms with van der Waals surface area (Å²) in [6, 6.07) is 8.44. The number of morpholine rings is 1. The number of aryl methyl sites for hydroxylation is 1. The average Bonchev–Trinajstić information content (AvgIpc) is 2.68. The number of nitrogens with one attached hydrogen (secondary N) is 1. The van der Waals surface area contributed by atoms with Crippen molar-refractivity contribution < 1.29 is 14.3 Å². The van der Waals surface area contributed by atoms with Gasteiger partial charge in [0.2, 0.25) is 0 Å². The van der Waals surface area contributed by atoms with Gasteiger partial charge in [-0.25, -0.2) is 0 Å². The topological polar surface area (TPSA) is 50.8 Å². The lowest BCUT2D eigenvalue weighted by atomic mass is 9.90. The Morgan fingerprint density at radius 1 is 1.27 bits per heavy atom. The van der Waals surface area contributed by atoms with Crippen LogP contribution >= 0.6 is 12.4 Å². The van der Waals surface area contributed by atoms with Crippen LogP contribution in [0.1, 0.15) is 31.7 Å². The van der Waals surface area contributed by atoms with Gasteiger partial charge in [0.05, 0.1) is 13.2 Å². The van der Waals surface area contributed by atoms with Gasteiger partial charge < -0.3 is 19.7 Å². The Kier molecular flexibility index (Phi) is 8.69. The van der Waals surface area contributed by atoms with Crippen molar-refractivity contribution in [2.45, 2.75) is 38.7 Å². The zero-order valence-corrected chi connectivity index (χ0v) is 16.4. The molecule has 0 radical (unpaired) electrons. The molecule has 0 aromatic heterocycles. The van der Waals surface area contributed by atoms with Crippen LogP contribution in [0, 0.1) is 5.92 Å². The summed E-state index contributed by atoms with van der Waals surface area (Å²) in [6.07, 6.45) is 4.21. The Labute approximate surface area is 162 Å². The van der Waals surface area contributed by atoms with Gasteiger partial charge in [0.25, 0.3) is 5.91 Å². The van der Waals surface area contributed by atoms with Crippen molar-refractivity contribution in [2.24, 2.45) is 5.92 Å². The van der Waals surface area contributed by atoms with E-state index in [1.54, 1.807) is 0 Å². The first-order valence-electron chi connectivity index (χ1n) is 9.59. The molecule has 146 valence electrons. The molecule has 2 heterocycles. The average molecular weight is 383 g/mol. The number of halogens is 1. The lowest BCUT2D eigenvalue weighted by Crippen LogP contribution is -2.51. The number of likely N-dealkylation sites (tertiary alicyclic amines) is 1. The third-order valence-electron chi connectivity index (χ3n) is 5.20. The van der Waals surface area contributed by atoms with Crippen molar-refractivity contribution in [1.82, 2.24) is 10.2 Å². The molecule has 3 rings (SSSR count). The van der Waals surface area contributed by atoms with E-state index in [0.29, 0.717) is 25.7 Å². The van der Waals surface area contributed by atoms with E-state index in [1.165, 1.54) is 12.0 Å². The summed E-state index contributed by atoms with van der Waals surface area (Å²) >= 11 is 0. The minimum absolute atomic E-state index is 0. The molecule has 1 aromatic rings. The van der Waals surface area contributed by atoms with Gasteiger partial charge in [0.1, 0.15) is 11.9 Å². The summed E-state index contributed by atoms with van der Waals surface area (Å²) < 4.78 is 11.1. The maximum atomic E-state index is 12.5. The van der Waals surface area contributed by atoms with E-state index in [4.69, 9.17) is 9.47 Å². The maximum Gasteiger partial charge on any atom is 0.253 e. The second-order valence-electron chi connectivity index (χ2n) is 6.95. The van der Waals surface area contributed by atoms with Crippen molar-refractivity contribution in [3.63, 3.8) is 0 Å². The van der Waals surface area contributed by atoms with Crippen molar-refractivity contribution in [3.8, 4) is 5.75 Å². The second-order valence-corrected chi connectivity index (χ2v) is 6.95. The molecule has 1 atom stereocenters. The Bertz CT molecular complexity index is 538. The van der Waals surface area contributed by atoms with Crippen molar-refractivity contribution in [1.29, 1.82) is 0 Å². The van der Waals surface area contributed by atoms with Gasteiger partial charge in [0.15, 0.2) is 0 Å². The molecule has 6 heteroatoms. The Morgan fingerprint density at radius 3 is 2.62 bits per heavy atom. The number of amides is 1. The minimum Gasteiger partial charge on any atom is -0.494 e. The lowest BCUT2D eigenvalue weighted by molar-refractivity contribution is -0.146. The molecule has 2 aliphatic heterocycles. The molecule has 0 spiro atoms. The molecular formula is C20H31ClN2O3. The lowest BCUT2D eigenvalue weighted by Gasteiger charge is -2.35.